The van der Waals surface area contributed by atoms with E-state index in [0.717, 1.165) is 10.8 Å². The molecule has 2 N–H and O–H groups in total. The van der Waals surface area contributed by atoms with Gasteiger partial charge in [-0.15, -0.1) is 0 Å². The minimum atomic E-state index is 0.911. The van der Waals surface area contributed by atoms with Crippen LogP contribution in [0, 0.1) is 0 Å². The van der Waals surface area contributed by atoms with Gasteiger partial charge in [-0.05, 0) is 43.4 Å². The second kappa shape index (κ2) is 5.05. The minimum absolute atomic E-state index is 0.911. The van der Waals surface area contributed by atoms with Crippen molar-refractivity contribution in [3.8, 4) is 0 Å². The number of rotatable bonds is 1. The fraction of sp³-hybridized carbons (Fsp3) is 0.364. The Kier molecular flexibility index (Phi) is 3.72. The second-order valence-corrected chi connectivity index (χ2v) is 5.53. The first kappa shape index (κ1) is 11.0. The Balaban J connectivity index is 2.14. The molecule has 0 atom stereocenters. The summed E-state index contributed by atoms with van der Waals surface area (Å²) in [6.45, 7) is 0. The highest BCUT2D eigenvalue weighted by Crippen LogP contribution is 2.36. The highest BCUT2D eigenvalue weighted by atomic mass is 32.2. The largest absolute Gasteiger partial charge is 0.274 e. The molecule has 1 saturated carbocycles. The Hall–Kier alpha value is -0.450. The van der Waals surface area contributed by atoms with Crippen LogP contribution in [0.25, 0.3) is 0 Å². The summed E-state index contributed by atoms with van der Waals surface area (Å²) in [5.41, 5.74) is 3.09. The summed E-state index contributed by atoms with van der Waals surface area (Å²) >= 11 is 2.86. The summed E-state index contributed by atoms with van der Waals surface area (Å²) in [7, 11) is 1.78. The van der Waals surface area contributed by atoms with E-state index in [0.29, 0.717) is 0 Å². The topological polar surface area (TPSA) is 38.4 Å². The Morgan fingerprint density at radius 3 is 2.87 bits per heavy atom. The molecule has 80 valence electrons. The molecule has 2 nitrogen and oxygen atoms in total. The molecule has 0 spiro atoms. The van der Waals surface area contributed by atoms with Crippen molar-refractivity contribution in [2.75, 3.05) is 7.05 Å². The van der Waals surface area contributed by atoms with Gasteiger partial charge in [-0.1, -0.05) is 29.0 Å². The van der Waals surface area contributed by atoms with Crippen LogP contribution in [0.1, 0.15) is 19.3 Å². The van der Waals surface area contributed by atoms with Gasteiger partial charge in [-0.3, -0.25) is 10.1 Å². The first-order chi connectivity index (χ1) is 7.31. The number of hydrogen-bond acceptors (Lipinski definition) is 4. The van der Waals surface area contributed by atoms with E-state index in [4.69, 9.17) is 5.14 Å². The highest BCUT2D eigenvalue weighted by Gasteiger charge is 2.15. The lowest BCUT2D eigenvalue weighted by molar-refractivity contribution is 1.05. The first-order valence-corrected chi connectivity index (χ1v) is 6.62. The Bertz CT molecular complexity index is 378. The normalized spacial score (nSPS) is 20.7. The predicted octanol–water partition coefficient (Wildman–Crippen LogP) is 3.25. The predicted molar refractivity (Wildman–Crippen MR) is 70.8 cm³/mol. The molecule has 0 amide bonds. The van der Waals surface area contributed by atoms with E-state index in [2.05, 4.69) is 23.2 Å². The van der Waals surface area contributed by atoms with Gasteiger partial charge < -0.3 is 0 Å². The van der Waals surface area contributed by atoms with Crippen LogP contribution in [0.15, 0.2) is 39.3 Å². The Morgan fingerprint density at radius 1 is 1.33 bits per heavy atom. The standard InChI is InChI=1S/C11H14N2S2/c1-13-11(15-12)14-10-5-4-8-2-3-9(6-8)7-10/h4-5,7H,2-3,6,12H2,1H3/b13-11+. The van der Waals surface area contributed by atoms with Crippen LogP contribution >= 0.6 is 23.7 Å². The van der Waals surface area contributed by atoms with Gasteiger partial charge in [-0.25, -0.2) is 0 Å². The molecule has 2 bridgehead atoms. The third-order valence-electron chi connectivity index (χ3n) is 2.54. The lowest BCUT2D eigenvalue weighted by Crippen LogP contribution is -1.91. The number of nitrogens with zero attached hydrogens (tertiary/aromatic N) is 1. The van der Waals surface area contributed by atoms with Gasteiger partial charge in [-0.2, -0.15) is 0 Å². The monoisotopic (exact) mass is 238 g/mol. The van der Waals surface area contributed by atoms with Gasteiger partial charge in [0.05, 0.1) is 0 Å². The molecule has 0 aromatic rings. The van der Waals surface area contributed by atoms with Crippen LogP contribution in [0.4, 0.5) is 0 Å². The molecular weight excluding hydrogens is 224 g/mol. The van der Waals surface area contributed by atoms with E-state index in [1.165, 1.54) is 35.3 Å². The number of allylic oxidation sites excluding steroid dienone is 5. The number of nitrogens with two attached hydrogens (primary N) is 1. The van der Waals surface area contributed by atoms with Crippen molar-refractivity contribution in [3.05, 3.63) is 34.3 Å². The fourth-order valence-corrected chi connectivity index (χ4v) is 3.03. The van der Waals surface area contributed by atoms with Crippen molar-refractivity contribution < 1.29 is 0 Å². The fourth-order valence-electron chi connectivity index (χ4n) is 1.79. The quantitative estimate of drug-likeness (QED) is 0.433. The molecule has 0 unspecified atom stereocenters. The molecular formula is C11H14N2S2. The summed E-state index contributed by atoms with van der Waals surface area (Å²) in [5.74, 6) is 0. The summed E-state index contributed by atoms with van der Waals surface area (Å²) in [6, 6.07) is 0. The van der Waals surface area contributed by atoms with E-state index in [1.807, 2.05) is 0 Å². The lowest BCUT2D eigenvalue weighted by Gasteiger charge is -2.03. The van der Waals surface area contributed by atoms with E-state index >= 15 is 0 Å². The average molecular weight is 238 g/mol. The van der Waals surface area contributed by atoms with Gasteiger partial charge in [0.15, 0.2) is 0 Å². The zero-order valence-electron chi connectivity index (χ0n) is 8.69. The van der Waals surface area contributed by atoms with Crippen LogP contribution < -0.4 is 5.14 Å². The van der Waals surface area contributed by atoms with Crippen molar-refractivity contribution in [2.24, 2.45) is 10.1 Å². The van der Waals surface area contributed by atoms with Crippen molar-refractivity contribution in [2.45, 2.75) is 19.3 Å². The van der Waals surface area contributed by atoms with Crippen LogP contribution in [-0.2, 0) is 0 Å². The van der Waals surface area contributed by atoms with Gasteiger partial charge in [0.1, 0.15) is 4.38 Å². The van der Waals surface area contributed by atoms with Gasteiger partial charge in [0.25, 0.3) is 0 Å². The maximum Gasteiger partial charge on any atom is 0.144 e. The number of thioether (sulfide) groups is 1. The smallest absolute Gasteiger partial charge is 0.144 e. The molecule has 2 aliphatic rings. The van der Waals surface area contributed by atoms with Crippen LogP contribution in [0.5, 0.6) is 0 Å². The number of hydrogen-bond donors (Lipinski definition) is 1. The molecule has 0 heterocycles. The maximum absolute atomic E-state index is 5.52. The second-order valence-electron chi connectivity index (χ2n) is 3.58. The first-order valence-electron chi connectivity index (χ1n) is 4.92. The van der Waals surface area contributed by atoms with E-state index in [-0.39, 0.29) is 0 Å². The SMILES string of the molecule is C/N=C(/SN)SC1=CC=C2CCC(=C1)C2. The maximum atomic E-state index is 5.52. The molecule has 4 heteroatoms. The Labute approximate surface area is 98.9 Å². The van der Waals surface area contributed by atoms with Gasteiger partial charge >= 0.3 is 0 Å². The van der Waals surface area contributed by atoms with Crippen molar-refractivity contribution in [1.82, 2.24) is 0 Å². The summed E-state index contributed by atoms with van der Waals surface area (Å²) in [6.07, 6.45) is 10.3. The number of fused-ring (bicyclic) bond motifs is 2. The zero-order chi connectivity index (χ0) is 10.7. The van der Waals surface area contributed by atoms with E-state index < -0.39 is 0 Å². The molecule has 0 aliphatic heterocycles. The molecule has 0 saturated heterocycles. The summed E-state index contributed by atoms with van der Waals surface area (Å²) < 4.78 is 0.911. The molecule has 0 aromatic carbocycles. The highest BCUT2D eigenvalue weighted by molar-refractivity contribution is 8.39. The van der Waals surface area contributed by atoms with Gasteiger partial charge in [0, 0.05) is 12.0 Å². The van der Waals surface area contributed by atoms with Crippen molar-refractivity contribution in [1.29, 1.82) is 0 Å². The molecule has 0 aromatic heterocycles. The summed E-state index contributed by atoms with van der Waals surface area (Å²) in [5, 5.41) is 5.52. The van der Waals surface area contributed by atoms with Crippen LogP contribution in [-0.4, -0.2) is 11.4 Å². The van der Waals surface area contributed by atoms with E-state index in [1.54, 1.807) is 24.4 Å². The van der Waals surface area contributed by atoms with E-state index in [9.17, 15) is 0 Å². The van der Waals surface area contributed by atoms with Crippen molar-refractivity contribution >= 4 is 28.1 Å². The third-order valence-corrected chi connectivity index (χ3v) is 4.31. The van der Waals surface area contributed by atoms with Gasteiger partial charge in [0.2, 0.25) is 0 Å². The molecule has 2 aliphatic carbocycles. The summed E-state index contributed by atoms with van der Waals surface area (Å²) in [4.78, 5) is 5.37. The van der Waals surface area contributed by atoms with Crippen LogP contribution in [0.3, 0.4) is 0 Å². The molecule has 1 fully saturated rings. The minimum Gasteiger partial charge on any atom is -0.274 e. The lowest BCUT2D eigenvalue weighted by atomic mass is 10.2. The zero-order valence-corrected chi connectivity index (χ0v) is 10.3. The average Bonchev–Trinajstić information content (AvgIpc) is 2.58. The van der Waals surface area contributed by atoms with Crippen molar-refractivity contribution in [3.63, 3.8) is 0 Å². The molecule has 0 radical (unpaired) electrons. The molecule has 2 rings (SSSR count). The Morgan fingerprint density at radius 2 is 2.13 bits per heavy atom. The molecule has 15 heavy (non-hydrogen) atoms. The van der Waals surface area contributed by atoms with Crippen LogP contribution in [0.2, 0.25) is 0 Å². The third kappa shape index (κ3) is 2.77. The number of aliphatic imine (C=N–C) groups is 1.